The van der Waals surface area contributed by atoms with Crippen LogP contribution in [-0.2, 0) is 80.0 Å². The zero-order valence-corrected chi connectivity index (χ0v) is 59.0. The normalized spacial score (nSPS) is 44.2. The van der Waals surface area contributed by atoms with E-state index in [9.17, 15) is 137 Å². The molecule has 1 saturated carbocycles. The van der Waals surface area contributed by atoms with Crippen molar-refractivity contribution in [3.63, 3.8) is 0 Å². The molecule has 0 bridgehead atoms. The number of phosphoric acid groups is 1. The highest BCUT2D eigenvalue weighted by atomic mass is 31.2. The Labute approximate surface area is 608 Å². The van der Waals surface area contributed by atoms with Crippen molar-refractivity contribution in [1.82, 2.24) is 0 Å². The number of aliphatic hydroxyl groups is 24. The quantitative estimate of drug-likeness (QED) is 0.0117. The van der Waals surface area contributed by atoms with Crippen molar-refractivity contribution < 1.29 is 207 Å². The van der Waals surface area contributed by atoms with Crippen LogP contribution < -0.4 is 0 Å². The largest absolute Gasteiger partial charge is 0.472 e. The number of carbonyl (C=O) groups is 1. The first-order chi connectivity index (χ1) is 50.3. The molecule has 7 aliphatic rings. The second-order valence-electron chi connectivity index (χ2n) is 27.5. The molecule has 1 aliphatic carbocycles. The first-order valence-corrected chi connectivity index (χ1v) is 37.1. The van der Waals surface area contributed by atoms with Gasteiger partial charge in [-0.05, 0) is 32.1 Å². The Hall–Kier alpha value is -2.12. The summed E-state index contributed by atoms with van der Waals surface area (Å²) >= 11 is 0. The minimum absolute atomic E-state index is 0.0200. The number of ether oxygens (including phenoxy) is 13. The molecule has 0 aromatic rings. The number of rotatable bonds is 40. The van der Waals surface area contributed by atoms with Gasteiger partial charge in [0.15, 0.2) is 37.7 Å². The fraction of sp³-hybridized carbons (Fsp3) is 0.952. The van der Waals surface area contributed by atoms with Gasteiger partial charge in [0, 0.05) is 6.42 Å². The standard InChI is InChI=1S/C63H111O42P/c1-2-3-4-5-6-7-8-9-10-11-12-13-14-15-16-17-33(67)91-20-26(66)21-96-106(89,90)105-57-55(103-62-53(87)41(75)35(69)28(19-65)98-62)47(81)46(80)48(82)56(57)104-63-54(88)45(79)39(73)32(102-63)25-95-61-52(86)44(78)38(72)31(101-61)24-94-60-51(85)43(77)37(71)30(100-60)23-93-59-50(84)42(76)36(70)29(99-59)22-92-58-49(83)40(74)34(68)27(18-64)97-58/h9-10,26-32,34-66,68-88H,2-8,11-25H2,1H3,(H,89,90)/b10-9-/t26-,27?,28?,29?,30?,31?,32?,34+,35-,36+,37+,38+,39+,40?,41?,42?,43?,44?,45?,46+,47?,48?,49+,50+,51+,52+,53-,54+,55-,56?,57+,58-,59-,60-,61-,62-,63+/m1/s1. The van der Waals surface area contributed by atoms with Crippen molar-refractivity contribution in [1.29, 1.82) is 0 Å². The van der Waals surface area contributed by atoms with E-state index in [1.807, 2.05) is 0 Å². The summed E-state index contributed by atoms with van der Waals surface area (Å²) in [4.78, 5) is 23.7. The first-order valence-electron chi connectivity index (χ1n) is 35.6. The van der Waals surface area contributed by atoms with E-state index in [0.29, 0.717) is 12.8 Å². The molecule has 43 heteroatoms. The first kappa shape index (κ1) is 91.1. The molecular formula is C63H111O42P. The average Bonchev–Trinajstić information content (AvgIpc) is 0.760. The van der Waals surface area contributed by atoms with Crippen LogP contribution in [-0.4, -0.2) is 413 Å². The van der Waals surface area contributed by atoms with Crippen LogP contribution in [0.25, 0.3) is 0 Å². The highest BCUT2D eigenvalue weighted by Crippen LogP contribution is 2.49. The summed E-state index contributed by atoms with van der Waals surface area (Å²) in [6, 6.07) is 0. The third-order valence-electron chi connectivity index (χ3n) is 19.4. The van der Waals surface area contributed by atoms with E-state index < -0.39 is 294 Å². The van der Waals surface area contributed by atoms with Gasteiger partial charge in [0.05, 0.1) is 46.2 Å². The van der Waals surface area contributed by atoms with E-state index in [2.05, 4.69) is 19.1 Å². The van der Waals surface area contributed by atoms with Crippen LogP contribution in [0.1, 0.15) is 96.8 Å². The van der Waals surface area contributed by atoms with Crippen molar-refractivity contribution in [3.05, 3.63) is 12.2 Å². The Morgan fingerprint density at radius 2 is 0.660 bits per heavy atom. The zero-order chi connectivity index (χ0) is 78.0. The van der Waals surface area contributed by atoms with Gasteiger partial charge >= 0.3 is 13.8 Å². The van der Waals surface area contributed by atoms with Gasteiger partial charge in [0.2, 0.25) is 0 Å². The monoisotopic (exact) mass is 1570 g/mol. The van der Waals surface area contributed by atoms with E-state index in [1.165, 1.54) is 38.5 Å². The Morgan fingerprint density at radius 3 is 1.02 bits per heavy atom. The number of hydrogen-bond donors (Lipinski definition) is 25. The van der Waals surface area contributed by atoms with Gasteiger partial charge in [-0.1, -0.05) is 70.4 Å². The SMILES string of the molecule is CCCCCCCC/C=C\CCCCCCCC(=O)OC[C@@H](O)COP(=O)(O)O[C@@H]1C(O[C@@H]2OC(CO[C@@H]3OC(CO[C@@H]4OC(CO[C@@H]5OC(CO[C@@H]6OC(CO)[C@H](O)C(O)[C@@H]6O)[C@H](O)C(O)[C@@H]5O)[C@H](O)C(O)[C@@H]4O)[C@H](O)C(O)[C@@H]3O)[C@H](O)C(O)[C@@H]2O)C(O)[C@@H](O)C(O)[C@H]1O[C@H]1OC(CO)[C@@H](O)C(O)[C@H]1O. The van der Waals surface area contributed by atoms with Gasteiger partial charge in [-0.3, -0.25) is 13.8 Å². The van der Waals surface area contributed by atoms with Gasteiger partial charge in [0.25, 0.3) is 0 Å². The summed E-state index contributed by atoms with van der Waals surface area (Å²) in [5.74, 6) is -0.711. The fourth-order valence-corrected chi connectivity index (χ4v) is 13.8. The molecule has 0 radical (unpaired) electrons. The number of unbranched alkanes of at least 4 members (excludes halogenated alkanes) is 11. The molecule has 25 N–H and O–H groups in total. The zero-order valence-electron chi connectivity index (χ0n) is 58.1. The predicted octanol–water partition coefficient (Wildman–Crippen LogP) is -10.8. The van der Waals surface area contributed by atoms with Crippen LogP contribution in [0.15, 0.2) is 12.2 Å². The highest BCUT2D eigenvalue weighted by molar-refractivity contribution is 7.47. The van der Waals surface area contributed by atoms with Crippen molar-refractivity contribution in [2.75, 3.05) is 52.9 Å². The highest BCUT2D eigenvalue weighted by Gasteiger charge is 2.59. The van der Waals surface area contributed by atoms with E-state index in [4.69, 9.17) is 70.6 Å². The topological polar surface area (TPSA) is 678 Å². The molecule has 0 aromatic heterocycles. The number of carbonyl (C=O) groups excluding carboxylic acids is 1. The molecule has 620 valence electrons. The number of allylic oxidation sites excluding steroid dienone is 2. The van der Waals surface area contributed by atoms with Crippen LogP contribution in [0.5, 0.6) is 0 Å². The van der Waals surface area contributed by atoms with E-state index in [-0.39, 0.29) is 6.42 Å². The van der Waals surface area contributed by atoms with Gasteiger partial charge in [0.1, 0.15) is 196 Å². The maximum absolute atomic E-state index is 13.9. The maximum Gasteiger partial charge on any atom is 0.472 e. The minimum atomic E-state index is -5.76. The third-order valence-corrected chi connectivity index (χ3v) is 20.4. The summed E-state index contributed by atoms with van der Waals surface area (Å²) in [6.07, 6.45) is -59.0. The molecule has 0 aromatic carbocycles. The number of aliphatic hydroxyl groups excluding tert-OH is 24. The van der Waals surface area contributed by atoms with E-state index in [1.54, 1.807) is 0 Å². The molecule has 16 unspecified atom stereocenters. The van der Waals surface area contributed by atoms with Gasteiger partial charge in [-0.25, -0.2) is 4.57 Å². The molecule has 0 amide bonds. The Kier molecular flexibility index (Phi) is 37.3. The Morgan fingerprint density at radius 1 is 0.368 bits per heavy atom. The lowest BCUT2D eigenvalue weighted by molar-refractivity contribution is -0.365. The van der Waals surface area contributed by atoms with Crippen molar-refractivity contribution in [2.45, 2.75) is 324 Å². The van der Waals surface area contributed by atoms with Crippen LogP contribution in [0.4, 0.5) is 0 Å². The van der Waals surface area contributed by atoms with Crippen molar-refractivity contribution in [3.8, 4) is 0 Å². The Bertz CT molecular complexity index is 2590. The lowest BCUT2D eigenvalue weighted by Crippen LogP contribution is -2.69. The molecule has 7 fully saturated rings. The van der Waals surface area contributed by atoms with Gasteiger partial charge in [-0.15, -0.1) is 0 Å². The summed E-state index contributed by atoms with van der Waals surface area (Å²) in [5.41, 5.74) is 0. The number of phosphoric ester groups is 1. The molecule has 6 heterocycles. The summed E-state index contributed by atoms with van der Waals surface area (Å²) < 4.78 is 96.2. The lowest BCUT2D eigenvalue weighted by Gasteiger charge is -2.49. The fourth-order valence-electron chi connectivity index (χ4n) is 12.8. The average molecular weight is 1570 g/mol. The second kappa shape index (κ2) is 43.4. The summed E-state index contributed by atoms with van der Waals surface area (Å²) in [7, 11) is -5.76. The third kappa shape index (κ3) is 24.2. The van der Waals surface area contributed by atoms with Crippen molar-refractivity contribution >= 4 is 13.8 Å². The summed E-state index contributed by atoms with van der Waals surface area (Å²) in [6.45, 7) is -5.16. The molecule has 0 spiro atoms. The lowest BCUT2D eigenvalue weighted by atomic mass is 9.84. The van der Waals surface area contributed by atoms with Crippen LogP contribution in [0.3, 0.4) is 0 Å². The van der Waals surface area contributed by atoms with Gasteiger partial charge in [-0.2, -0.15) is 0 Å². The second-order valence-corrected chi connectivity index (χ2v) is 28.9. The van der Waals surface area contributed by atoms with E-state index in [0.717, 1.165) is 32.1 Å². The van der Waals surface area contributed by atoms with Crippen molar-refractivity contribution in [2.24, 2.45) is 0 Å². The molecule has 6 aliphatic heterocycles. The number of esters is 1. The molecule has 7 rings (SSSR count). The molecule has 106 heavy (non-hydrogen) atoms. The summed E-state index contributed by atoms with van der Waals surface area (Å²) in [5, 5.41) is 258. The Balaban J connectivity index is 0.949. The molecule has 42 nitrogen and oxygen atoms in total. The maximum atomic E-state index is 13.9. The van der Waals surface area contributed by atoms with Crippen LogP contribution in [0, 0.1) is 0 Å². The predicted molar refractivity (Wildman–Crippen MR) is 343 cm³/mol. The molecular weight excluding hydrogens is 1460 g/mol. The molecule has 6 saturated heterocycles. The van der Waals surface area contributed by atoms with Crippen LogP contribution >= 0.6 is 7.82 Å². The number of hydrogen-bond acceptors (Lipinski definition) is 41. The van der Waals surface area contributed by atoms with Crippen LogP contribution in [0.2, 0.25) is 0 Å². The minimum Gasteiger partial charge on any atom is -0.463 e. The van der Waals surface area contributed by atoms with Gasteiger partial charge < -0.3 is 189 Å². The smallest absolute Gasteiger partial charge is 0.463 e. The van der Waals surface area contributed by atoms with E-state index >= 15 is 0 Å². The molecule has 38 atom stereocenters.